The molecule has 2 N–H and O–H groups in total. The summed E-state index contributed by atoms with van der Waals surface area (Å²) < 4.78 is 29.8. The van der Waals surface area contributed by atoms with Crippen LogP contribution in [0, 0.1) is 5.82 Å². The number of hydrogen-bond acceptors (Lipinski definition) is 6. The molecule has 0 aromatic heterocycles. The fraction of sp³-hybridized carbons (Fsp3) is 0.304. The van der Waals surface area contributed by atoms with Crippen molar-refractivity contribution in [3.05, 3.63) is 59.1 Å². The first-order valence-electron chi connectivity index (χ1n) is 9.88. The number of nitrogens with zero attached hydrogens (tertiary/aromatic N) is 1. The van der Waals surface area contributed by atoms with E-state index in [0.29, 0.717) is 11.5 Å². The Morgan fingerprint density at radius 1 is 1.22 bits per heavy atom. The van der Waals surface area contributed by atoms with Crippen molar-refractivity contribution in [1.82, 2.24) is 4.90 Å². The first-order chi connectivity index (χ1) is 15.3. The minimum absolute atomic E-state index is 0.0185. The number of halogens is 1. The molecular weight excluding hydrogens is 435 g/mol. The van der Waals surface area contributed by atoms with Crippen LogP contribution in [0.1, 0.15) is 18.9 Å². The van der Waals surface area contributed by atoms with Gasteiger partial charge in [0.15, 0.2) is 11.6 Å². The standard InChI is InChI=1S/C23H25FN2O5S/c1-13-10-18(27)20(22(32)25-17-7-5-6-16(24)21(17)31-4)23(28)26(13)12-14-8-9-15(29-2)11-19(14)30-3/h5-9,11,13,27H,10,12H2,1-4H3,(H,25,32). The van der Waals surface area contributed by atoms with Crippen molar-refractivity contribution in [2.45, 2.75) is 25.9 Å². The molecule has 1 atom stereocenters. The van der Waals surface area contributed by atoms with Gasteiger partial charge < -0.3 is 29.5 Å². The number of hydrogen-bond donors (Lipinski definition) is 2. The van der Waals surface area contributed by atoms with Gasteiger partial charge in [0.25, 0.3) is 5.91 Å². The highest BCUT2D eigenvalue weighted by molar-refractivity contribution is 7.81. The van der Waals surface area contributed by atoms with Gasteiger partial charge in [0, 0.05) is 30.6 Å². The largest absolute Gasteiger partial charge is 0.511 e. The third-order valence-electron chi connectivity index (χ3n) is 5.27. The van der Waals surface area contributed by atoms with Crippen molar-refractivity contribution in [3.63, 3.8) is 0 Å². The Morgan fingerprint density at radius 3 is 2.62 bits per heavy atom. The Labute approximate surface area is 191 Å². The van der Waals surface area contributed by atoms with Gasteiger partial charge in [-0.15, -0.1) is 0 Å². The second-order valence-corrected chi connectivity index (χ2v) is 7.67. The summed E-state index contributed by atoms with van der Waals surface area (Å²) in [5, 5.41) is 13.4. The van der Waals surface area contributed by atoms with E-state index in [1.165, 1.54) is 19.2 Å². The maximum Gasteiger partial charge on any atom is 0.260 e. The summed E-state index contributed by atoms with van der Waals surface area (Å²) in [7, 11) is 4.44. The van der Waals surface area contributed by atoms with Crippen molar-refractivity contribution in [2.75, 3.05) is 26.6 Å². The lowest BCUT2D eigenvalue weighted by molar-refractivity contribution is -0.130. The minimum Gasteiger partial charge on any atom is -0.511 e. The Kier molecular flexibility index (Phi) is 7.19. The number of rotatable bonds is 7. The lowest BCUT2D eigenvalue weighted by atomic mass is 9.99. The molecule has 0 saturated heterocycles. The zero-order valence-corrected chi connectivity index (χ0v) is 19.1. The van der Waals surface area contributed by atoms with E-state index in [9.17, 15) is 14.3 Å². The van der Waals surface area contributed by atoms with E-state index in [1.807, 2.05) is 13.0 Å². The average Bonchev–Trinajstić information content (AvgIpc) is 2.76. The van der Waals surface area contributed by atoms with Gasteiger partial charge in [-0.2, -0.15) is 0 Å². The van der Waals surface area contributed by atoms with E-state index in [2.05, 4.69) is 5.32 Å². The van der Waals surface area contributed by atoms with Gasteiger partial charge in [0.05, 0.1) is 27.0 Å². The summed E-state index contributed by atoms with van der Waals surface area (Å²) in [5.41, 5.74) is 1.00. The Hall–Kier alpha value is -3.33. The summed E-state index contributed by atoms with van der Waals surface area (Å²) in [6.07, 6.45) is 0.224. The maximum absolute atomic E-state index is 14.0. The van der Waals surface area contributed by atoms with Gasteiger partial charge in [0.2, 0.25) is 0 Å². The molecule has 0 spiro atoms. The number of carbonyl (C=O) groups excluding carboxylic acids is 1. The van der Waals surface area contributed by atoms with Gasteiger partial charge in [-0.25, -0.2) is 4.39 Å². The fourth-order valence-corrected chi connectivity index (χ4v) is 3.90. The van der Waals surface area contributed by atoms with Gasteiger partial charge in [-0.1, -0.05) is 18.3 Å². The molecule has 0 radical (unpaired) electrons. The molecule has 1 heterocycles. The van der Waals surface area contributed by atoms with Crippen LogP contribution < -0.4 is 19.5 Å². The van der Waals surface area contributed by atoms with Crippen molar-refractivity contribution >= 4 is 28.8 Å². The number of amides is 1. The zero-order valence-electron chi connectivity index (χ0n) is 18.3. The third kappa shape index (κ3) is 4.62. The second kappa shape index (κ2) is 9.86. The summed E-state index contributed by atoms with van der Waals surface area (Å²) in [6.45, 7) is 2.09. The minimum atomic E-state index is -0.574. The predicted molar refractivity (Wildman–Crippen MR) is 123 cm³/mol. The van der Waals surface area contributed by atoms with E-state index < -0.39 is 11.7 Å². The lowest BCUT2D eigenvalue weighted by Gasteiger charge is -2.35. The molecule has 1 amide bonds. The average molecular weight is 461 g/mol. The molecule has 32 heavy (non-hydrogen) atoms. The molecule has 7 nitrogen and oxygen atoms in total. The normalized spacial score (nSPS) is 16.1. The molecule has 9 heteroatoms. The zero-order chi connectivity index (χ0) is 23.4. The van der Waals surface area contributed by atoms with Crippen LogP contribution in [-0.4, -0.2) is 48.3 Å². The summed E-state index contributed by atoms with van der Waals surface area (Å²) in [5.74, 6) is 0.0492. The number of aliphatic hydroxyl groups excluding tert-OH is 1. The SMILES string of the molecule is COc1ccc(CN2C(=O)C(C(=S)Nc3cccc(F)c3OC)=C(O)CC2C)c(OC)c1. The molecular formula is C23H25FN2O5S. The second-order valence-electron chi connectivity index (χ2n) is 7.26. The number of anilines is 1. The van der Waals surface area contributed by atoms with Gasteiger partial charge in [-0.3, -0.25) is 4.79 Å². The highest BCUT2D eigenvalue weighted by Gasteiger charge is 2.35. The van der Waals surface area contributed by atoms with Crippen LogP contribution in [0.25, 0.3) is 0 Å². The molecule has 0 fully saturated rings. The quantitative estimate of drug-likeness (QED) is 0.599. The van der Waals surface area contributed by atoms with E-state index in [1.54, 1.807) is 37.3 Å². The van der Waals surface area contributed by atoms with E-state index in [-0.39, 0.29) is 46.8 Å². The van der Waals surface area contributed by atoms with Gasteiger partial charge in [0.1, 0.15) is 27.8 Å². The molecule has 170 valence electrons. The predicted octanol–water partition coefficient (Wildman–Crippen LogP) is 4.22. The highest BCUT2D eigenvalue weighted by atomic mass is 32.1. The number of methoxy groups -OCH3 is 3. The number of ether oxygens (including phenoxy) is 3. The van der Waals surface area contributed by atoms with Crippen LogP contribution in [-0.2, 0) is 11.3 Å². The highest BCUT2D eigenvalue weighted by Crippen LogP contribution is 2.32. The van der Waals surface area contributed by atoms with Crippen molar-refractivity contribution in [3.8, 4) is 17.2 Å². The van der Waals surface area contributed by atoms with Crippen LogP contribution in [0.4, 0.5) is 10.1 Å². The number of para-hydroxylation sites is 1. The van der Waals surface area contributed by atoms with Crippen LogP contribution in [0.2, 0.25) is 0 Å². The van der Waals surface area contributed by atoms with E-state index in [0.717, 1.165) is 5.56 Å². The summed E-state index contributed by atoms with van der Waals surface area (Å²) in [6, 6.07) is 9.39. The van der Waals surface area contributed by atoms with Crippen molar-refractivity contribution in [1.29, 1.82) is 0 Å². The molecule has 0 saturated carbocycles. The number of thiocarbonyl (C=S) groups is 1. The first kappa shape index (κ1) is 23.3. The van der Waals surface area contributed by atoms with Crippen LogP contribution >= 0.6 is 12.2 Å². The van der Waals surface area contributed by atoms with Crippen LogP contribution in [0.15, 0.2) is 47.7 Å². The topological polar surface area (TPSA) is 80.3 Å². The maximum atomic E-state index is 14.0. The van der Waals surface area contributed by atoms with Crippen molar-refractivity contribution in [2.24, 2.45) is 0 Å². The molecule has 2 aromatic rings. The molecule has 3 rings (SSSR count). The Bertz CT molecular complexity index is 1070. The van der Waals surface area contributed by atoms with E-state index >= 15 is 0 Å². The Balaban J connectivity index is 1.88. The molecule has 0 bridgehead atoms. The summed E-state index contributed by atoms with van der Waals surface area (Å²) >= 11 is 5.40. The monoisotopic (exact) mass is 460 g/mol. The van der Waals surface area contributed by atoms with Crippen LogP contribution in [0.3, 0.4) is 0 Å². The molecule has 1 aliphatic heterocycles. The molecule has 1 unspecified atom stereocenters. The van der Waals surface area contributed by atoms with Gasteiger partial charge >= 0.3 is 0 Å². The fourth-order valence-electron chi connectivity index (χ4n) is 3.58. The Morgan fingerprint density at radius 2 is 1.97 bits per heavy atom. The smallest absolute Gasteiger partial charge is 0.260 e. The summed E-state index contributed by atoms with van der Waals surface area (Å²) in [4.78, 5) is 14.9. The molecule has 0 aliphatic carbocycles. The number of carbonyl (C=O) groups is 1. The van der Waals surface area contributed by atoms with E-state index in [4.69, 9.17) is 26.4 Å². The molecule has 2 aromatic carbocycles. The van der Waals surface area contributed by atoms with Crippen molar-refractivity contribution < 1.29 is 28.5 Å². The lowest BCUT2D eigenvalue weighted by Crippen LogP contribution is -2.45. The van der Waals surface area contributed by atoms with Gasteiger partial charge in [-0.05, 0) is 31.2 Å². The number of nitrogens with one attached hydrogen (secondary N) is 1. The third-order valence-corrected chi connectivity index (χ3v) is 5.57. The molecule has 1 aliphatic rings. The number of aliphatic hydroxyl groups is 1. The first-order valence-corrected chi connectivity index (χ1v) is 10.3. The number of benzene rings is 2. The van der Waals surface area contributed by atoms with Crippen LogP contribution in [0.5, 0.6) is 17.2 Å².